The Morgan fingerprint density at radius 3 is 2.00 bits per heavy atom. The molecule has 0 fully saturated rings. The van der Waals surface area contributed by atoms with Gasteiger partial charge in [0.15, 0.2) is 5.60 Å². The molecule has 1 atom stereocenters. The van der Waals surface area contributed by atoms with Crippen molar-refractivity contribution in [2.75, 3.05) is 0 Å². The van der Waals surface area contributed by atoms with Crippen molar-refractivity contribution in [2.45, 2.75) is 25.1 Å². The normalized spacial score (nSPS) is 17.6. The molecule has 0 aliphatic carbocycles. The third kappa shape index (κ3) is 1.88. The lowest BCUT2D eigenvalue weighted by molar-refractivity contribution is -0.250. The van der Waals surface area contributed by atoms with Gasteiger partial charge < -0.3 is 5.11 Å². The van der Waals surface area contributed by atoms with Crippen LogP contribution < -0.4 is 0 Å². The average molecular weight is 153 g/mol. The summed E-state index contributed by atoms with van der Waals surface area (Å²) in [6.07, 6.45) is -5.65. The Morgan fingerprint density at radius 2 is 1.90 bits per heavy atom. The fourth-order valence-electron chi connectivity index (χ4n) is 0.254. The molecule has 0 aliphatic rings. The molecule has 0 aromatic heterocycles. The third-order valence-corrected chi connectivity index (χ3v) is 1.03. The minimum atomic E-state index is -4.72. The van der Waals surface area contributed by atoms with Gasteiger partial charge in [-0.2, -0.15) is 18.4 Å². The van der Waals surface area contributed by atoms with Gasteiger partial charge in [0.1, 0.15) is 0 Å². The zero-order valence-corrected chi connectivity index (χ0v) is 5.24. The predicted molar refractivity (Wildman–Crippen MR) is 26.9 cm³/mol. The summed E-state index contributed by atoms with van der Waals surface area (Å²) < 4.78 is 34.9. The van der Waals surface area contributed by atoms with Crippen LogP contribution in [0.15, 0.2) is 0 Å². The maximum Gasteiger partial charge on any atom is 0.417 e. The highest BCUT2D eigenvalue weighted by atomic mass is 19.4. The summed E-state index contributed by atoms with van der Waals surface area (Å²) in [7, 11) is 0. The van der Waals surface area contributed by atoms with Gasteiger partial charge in [0.25, 0.3) is 0 Å². The summed E-state index contributed by atoms with van der Waals surface area (Å²) in [5.74, 6) is 0. The Kier molecular flexibility index (Phi) is 2.28. The van der Waals surface area contributed by atoms with E-state index in [9.17, 15) is 13.2 Å². The van der Waals surface area contributed by atoms with Crippen LogP contribution in [0.2, 0.25) is 0 Å². The molecule has 0 amide bonds. The standard InChI is InChI=1S/C5H6F3NO/c1-4(10,2-3-9)5(6,7)8/h10H,2H2,1H3. The van der Waals surface area contributed by atoms with E-state index < -0.39 is 18.2 Å². The van der Waals surface area contributed by atoms with Crippen LogP contribution in [-0.2, 0) is 0 Å². The molecule has 0 rings (SSSR count). The van der Waals surface area contributed by atoms with Gasteiger partial charge in [-0.25, -0.2) is 0 Å². The molecule has 0 aliphatic heterocycles. The maximum atomic E-state index is 11.6. The summed E-state index contributed by atoms with van der Waals surface area (Å²) in [4.78, 5) is 0. The van der Waals surface area contributed by atoms with Crippen LogP contribution in [0.3, 0.4) is 0 Å². The van der Waals surface area contributed by atoms with Crippen molar-refractivity contribution in [2.24, 2.45) is 0 Å². The summed E-state index contributed by atoms with van der Waals surface area (Å²) in [6, 6.07) is 1.24. The first-order valence-corrected chi connectivity index (χ1v) is 2.47. The number of hydrogen-bond acceptors (Lipinski definition) is 2. The number of rotatable bonds is 1. The Labute approximate surface area is 55.9 Å². The van der Waals surface area contributed by atoms with Crippen molar-refractivity contribution in [3.05, 3.63) is 0 Å². The second-order valence-electron chi connectivity index (χ2n) is 2.11. The summed E-state index contributed by atoms with van der Waals surface area (Å²) >= 11 is 0. The Bertz CT molecular complexity index is 155. The van der Waals surface area contributed by atoms with E-state index in [1.807, 2.05) is 0 Å². The molecule has 5 heteroatoms. The molecule has 2 nitrogen and oxygen atoms in total. The highest BCUT2D eigenvalue weighted by Gasteiger charge is 2.49. The molecule has 0 aromatic carbocycles. The number of halogens is 3. The molecule has 0 saturated carbocycles. The first-order valence-electron chi connectivity index (χ1n) is 2.47. The second-order valence-corrected chi connectivity index (χ2v) is 2.11. The highest BCUT2D eigenvalue weighted by Crippen LogP contribution is 2.31. The van der Waals surface area contributed by atoms with Gasteiger partial charge in [-0.15, -0.1) is 0 Å². The molecule has 0 heterocycles. The molecule has 0 spiro atoms. The fourth-order valence-corrected chi connectivity index (χ4v) is 0.254. The van der Waals surface area contributed by atoms with Crippen LogP contribution in [0.5, 0.6) is 0 Å². The maximum absolute atomic E-state index is 11.6. The molecule has 1 N–H and O–H groups in total. The van der Waals surface area contributed by atoms with Gasteiger partial charge in [0, 0.05) is 0 Å². The van der Waals surface area contributed by atoms with Gasteiger partial charge in [0.2, 0.25) is 0 Å². The summed E-state index contributed by atoms with van der Waals surface area (Å²) in [5, 5.41) is 16.4. The molecule has 0 aromatic rings. The molecule has 0 bridgehead atoms. The monoisotopic (exact) mass is 153 g/mol. The molecule has 1 unspecified atom stereocenters. The predicted octanol–water partition coefficient (Wildman–Crippen LogP) is 1.21. The van der Waals surface area contributed by atoms with Crippen LogP contribution in [0.1, 0.15) is 13.3 Å². The number of hydrogen-bond donors (Lipinski definition) is 1. The van der Waals surface area contributed by atoms with Crippen LogP contribution in [0, 0.1) is 11.3 Å². The number of aliphatic hydroxyl groups is 1. The number of nitriles is 1. The largest absolute Gasteiger partial charge is 0.417 e. The molecule has 10 heavy (non-hydrogen) atoms. The minimum Gasteiger partial charge on any atom is -0.380 e. The van der Waals surface area contributed by atoms with E-state index in [2.05, 4.69) is 0 Å². The van der Waals surface area contributed by atoms with Crippen molar-refractivity contribution >= 4 is 0 Å². The summed E-state index contributed by atoms with van der Waals surface area (Å²) in [5.41, 5.74) is -2.87. The molecule has 58 valence electrons. The van der Waals surface area contributed by atoms with E-state index in [1.54, 1.807) is 0 Å². The third-order valence-electron chi connectivity index (χ3n) is 1.03. The van der Waals surface area contributed by atoms with Gasteiger partial charge in [0.05, 0.1) is 12.5 Å². The van der Waals surface area contributed by atoms with Crippen molar-refractivity contribution in [3.63, 3.8) is 0 Å². The lowest BCUT2D eigenvalue weighted by Gasteiger charge is -2.22. The molecular formula is C5H6F3NO. The lowest BCUT2D eigenvalue weighted by atomic mass is 10.0. The average Bonchev–Trinajstić information content (AvgIpc) is 1.61. The van der Waals surface area contributed by atoms with Crippen LogP contribution >= 0.6 is 0 Å². The first kappa shape index (κ1) is 9.24. The van der Waals surface area contributed by atoms with Crippen LogP contribution in [0.25, 0.3) is 0 Å². The Balaban J connectivity index is 4.28. The Morgan fingerprint density at radius 1 is 1.50 bits per heavy atom. The molecular weight excluding hydrogens is 147 g/mol. The summed E-state index contributed by atoms with van der Waals surface area (Å²) in [6.45, 7) is 0.566. The van der Waals surface area contributed by atoms with Crippen molar-refractivity contribution in [1.82, 2.24) is 0 Å². The zero-order chi connectivity index (χ0) is 8.41. The topological polar surface area (TPSA) is 44.0 Å². The van der Waals surface area contributed by atoms with Crippen molar-refractivity contribution in [1.29, 1.82) is 5.26 Å². The van der Waals surface area contributed by atoms with E-state index >= 15 is 0 Å². The van der Waals surface area contributed by atoms with Gasteiger partial charge in [-0.1, -0.05) is 0 Å². The highest BCUT2D eigenvalue weighted by molar-refractivity contribution is 4.90. The zero-order valence-electron chi connectivity index (χ0n) is 5.24. The minimum absolute atomic E-state index is 0.566. The first-order chi connectivity index (χ1) is 4.31. The van der Waals surface area contributed by atoms with E-state index in [0.717, 1.165) is 0 Å². The van der Waals surface area contributed by atoms with Crippen LogP contribution in [0.4, 0.5) is 13.2 Å². The van der Waals surface area contributed by atoms with Crippen molar-refractivity contribution in [3.8, 4) is 6.07 Å². The van der Waals surface area contributed by atoms with E-state index in [1.165, 1.54) is 6.07 Å². The van der Waals surface area contributed by atoms with E-state index in [-0.39, 0.29) is 0 Å². The number of nitrogens with zero attached hydrogens (tertiary/aromatic N) is 1. The number of alkyl halides is 3. The quantitative estimate of drug-likeness (QED) is 0.615. The molecule has 0 saturated heterocycles. The Hall–Kier alpha value is -0.760. The van der Waals surface area contributed by atoms with E-state index in [0.29, 0.717) is 6.92 Å². The lowest BCUT2D eigenvalue weighted by Crippen LogP contribution is -2.41. The SMILES string of the molecule is CC(O)(CC#N)C(F)(F)F. The smallest absolute Gasteiger partial charge is 0.380 e. The second kappa shape index (κ2) is 2.46. The van der Waals surface area contributed by atoms with Crippen molar-refractivity contribution < 1.29 is 18.3 Å². The van der Waals surface area contributed by atoms with Gasteiger partial charge >= 0.3 is 6.18 Å². The molecule has 0 radical (unpaired) electrons. The van der Waals surface area contributed by atoms with Gasteiger partial charge in [-0.05, 0) is 6.92 Å². The van der Waals surface area contributed by atoms with Crippen LogP contribution in [-0.4, -0.2) is 16.9 Å². The van der Waals surface area contributed by atoms with Gasteiger partial charge in [-0.3, -0.25) is 0 Å². The van der Waals surface area contributed by atoms with E-state index in [4.69, 9.17) is 10.4 Å². The fraction of sp³-hybridized carbons (Fsp3) is 0.800.